The van der Waals surface area contributed by atoms with Crippen molar-refractivity contribution in [1.29, 1.82) is 0 Å². The van der Waals surface area contributed by atoms with Crippen LogP contribution in [0.25, 0.3) is 0 Å². The number of hydrogen-bond donors (Lipinski definition) is 3. The molecule has 6 nitrogen and oxygen atoms in total. The number of para-hydroxylation sites is 1. The summed E-state index contributed by atoms with van der Waals surface area (Å²) < 4.78 is 0. The number of rotatable bonds is 2. The van der Waals surface area contributed by atoms with E-state index in [0.29, 0.717) is 5.56 Å². The van der Waals surface area contributed by atoms with Crippen LogP contribution in [0.5, 0.6) is 5.75 Å². The SMILES string of the molecule is O=C(NC(=S)NNC(=O)c1ccccc1[O-])c1ccccc1.[Cl][Zn+]. The van der Waals surface area contributed by atoms with Crippen LogP contribution >= 0.6 is 21.9 Å². The second-order valence-corrected chi connectivity index (χ2v) is 4.63. The van der Waals surface area contributed by atoms with Gasteiger partial charge in [-0.1, -0.05) is 48.2 Å². The van der Waals surface area contributed by atoms with Crippen LogP contribution in [0.1, 0.15) is 20.7 Å². The molecule has 0 saturated carbocycles. The van der Waals surface area contributed by atoms with Crippen molar-refractivity contribution in [1.82, 2.24) is 16.2 Å². The van der Waals surface area contributed by atoms with E-state index < -0.39 is 17.6 Å². The zero-order chi connectivity index (χ0) is 17.9. The van der Waals surface area contributed by atoms with Crippen molar-refractivity contribution in [2.24, 2.45) is 0 Å². The van der Waals surface area contributed by atoms with Gasteiger partial charge >= 0.3 is 27.0 Å². The van der Waals surface area contributed by atoms with Gasteiger partial charge in [-0.25, -0.2) is 0 Å². The Bertz CT molecular complexity index is 716. The minimum absolute atomic E-state index is 0.0211. The summed E-state index contributed by atoms with van der Waals surface area (Å²) in [7, 11) is 4.76. The summed E-state index contributed by atoms with van der Waals surface area (Å²) in [5.74, 6) is -1.44. The molecule has 0 aliphatic heterocycles. The maximum atomic E-state index is 11.8. The number of carbonyl (C=O) groups excluding carboxylic acids is 2. The maximum absolute atomic E-state index is 11.8. The van der Waals surface area contributed by atoms with Crippen molar-refractivity contribution in [3.8, 4) is 5.75 Å². The van der Waals surface area contributed by atoms with Gasteiger partial charge in [0.25, 0.3) is 11.8 Å². The van der Waals surface area contributed by atoms with E-state index in [1.807, 2.05) is 0 Å². The van der Waals surface area contributed by atoms with E-state index in [2.05, 4.69) is 16.2 Å². The van der Waals surface area contributed by atoms with E-state index in [1.165, 1.54) is 18.2 Å². The molecule has 3 N–H and O–H groups in total. The van der Waals surface area contributed by atoms with Crippen molar-refractivity contribution >= 4 is 38.8 Å². The van der Waals surface area contributed by atoms with Crippen LogP contribution in [0.4, 0.5) is 0 Å². The molecule has 9 heteroatoms. The van der Waals surface area contributed by atoms with Crippen LogP contribution in [0.3, 0.4) is 0 Å². The molecular weight excluding hydrogens is 403 g/mol. The molecule has 0 heterocycles. The fourth-order valence-electron chi connectivity index (χ4n) is 1.63. The molecule has 2 rings (SSSR count). The van der Waals surface area contributed by atoms with Crippen molar-refractivity contribution in [3.05, 3.63) is 65.7 Å². The van der Waals surface area contributed by atoms with Crippen LogP contribution in [0.2, 0.25) is 0 Å². The molecule has 24 heavy (non-hydrogen) atoms. The summed E-state index contributed by atoms with van der Waals surface area (Å²) in [5, 5.41) is 13.8. The van der Waals surface area contributed by atoms with E-state index in [-0.39, 0.29) is 10.7 Å². The predicted octanol–water partition coefficient (Wildman–Crippen LogP) is 1.40. The first kappa shape index (κ1) is 20.0. The molecule has 0 spiro atoms. The van der Waals surface area contributed by atoms with E-state index in [9.17, 15) is 14.7 Å². The third-order valence-electron chi connectivity index (χ3n) is 2.68. The van der Waals surface area contributed by atoms with E-state index in [1.54, 1.807) is 36.4 Å². The zero-order valence-corrected chi connectivity index (χ0v) is 17.0. The Morgan fingerprint density at radius 3 is 2.12 bits per heavy atom. The number of benzene rings is 2. The minimum atomic E-state index is -0.637. The Hall–Kier alpha value is -2.02. The van der Waals surface area contributed by atoms with Crippen LogP contribution in [-0.4, -0.2) is 16.9 Å². The Kier molecular flexibility index (Phi) is 8.93. The molecule has 0 aromatic heterocycles. The first-order valence-electron chi connectivity index (χ1n) is 6.57. The average molecular weight is 415 g/mol. The first-order valence-corrected chi connectivity index (χ1v) is 10.9. The molecule has 0 aliphatic carbocycles. The Morgan fingerprint density at radius 1 is 0.917 bits per heavy atom. The summed E-state index contributed by atoms with van der Waals surface area (Å²) in [4.78, 5) is 23.6. The summed E-state index contributed by atoms with van der Waals surface area (Å²) in [6.45, 7) is 0. The molecule has 0 atom stereocenters. The number of thiocarbonyl (C=S) groups is 1. The van der Waals surface area contributed by atoms with Crippen molar-refractivity contribution < 1.29 is 32.0 Å². The number of nitrogens with one attached hydrogen (secondary N) is 3. The predicted molar refractivity (Wildman–Crippen MR) is 88.8 cm³/mol. The molecule has 0 fully saturated rings. The molecule has 0 aliphatic rings. The van der Waals surface area contributed by atoms with Gasteiger partial charge in [-0.05, 0) is 24.4 Å². The van der Waals surface area contributed by atoms with E-state index in [4.69, 9.17) is 21.9 Å². The fraction of sp³-hybridized carbons (Fsp3) is 0. The molecule has 0 saturated heterocycles. The number of amides is 2. The van der Waals surface area contributed by atoms with Crippen molar-refractivity contribution in [3.63, 3.8) is 0 Å². The van der Waals surface area contributed by atoms with Gasteiger partial charge in [0.1, 0.15) is 0 Å². The zero-order valence-electron chi connectivity index (χ0n) is 12.4. The van der Waals surface area contributed by atoms with Gasteiger partial charge in [0.2, 0.25) is 0 Å². The third kappa shape index (κ3) is 6.24. The quantitative estimate of drug-likeness (QED) is 0.392. The second kappa shape index (κ2) is 10.7. The molecule has 0 bridgehead atoms. The van der Waals surface area contributed by atoms with E-state index in [0.717, 1.165) is 17.3 Å². The first-order chi connectivity index (χ1) is 11.6. The number of hydrazine groups is 1. The average Bonchev–Trinajstić information content (AvgIpc) is 2.62. The van der Waals surface area contributed by atoms with Gasteiger partial charge in [-0.3, -0.25) is 25.8 Å². The normalized spacial score (nSPS) is 9.12. The molecule has 2 amide bonds. The summed E-state index contributed by atoms with van der Waals surface area (Å²) in [5.41, 5.74) is 5.03. The second-order valence-electron chi connectivity index (χ2n) is 4.22. The Labute approximate surface area is 158 Å². The van der Waals surface area contributed by atoms with E-state index >= 15 is 0 Å². The molecule has 120 valence electrons. The van der Waals surface area contributed by atoms with Gasteiger partial charge in [0.05, 0.1) is 0 Å². The van der Waals surface area contributed by atoms with Crippen LogP contribution in [0, 0.1) is 0 Å². The molecule has 0 radical (unpaired) electrons. The monoisotopic (exact) mass is 413 g/mol. The standard InChI is InChI=1S/C15H13N3O3S.ClH.Zn/c19-12-9-5-4-8-11(12)14(21)17-18-15(22)16-13(20)10-6-2-1-3-7-10;;/h1-9,19H,(H,17,21)(H2,16,18,20,22);1H;/q;;+2/p-2. The van der Waals surface area contributed by atoms with Gasteiger partial charge in [0, 0.05) is 11.1 Å². The van der Waals surface area contributed by atoms with Gasteiger partial charge in [-0.15, -0.1) is 0 Å². The van der Waals surface area contributed by atoms with Gasteiger partial charge in [-0.2, -0.15) is 0 Å². The summed E-state index contributed by atoms with van der Waals surface area (Å²) in [6, 6.07) is 14.3. The van der Waals surface area contributed by atoms with Crippen molar-refractivity contribution in [2.75, 3.05) is 0 Å². The third-order valence-corrected chi connectivity index (χ3v) is 2.89. The van der Waals surface area contributed by atoms with Crippen molar-refractivity contribution in [2.45, 2.75) is 0 Å². The molecular formula is C15H12ClN3O3SZn. The number of halogens is 1. The van der Waals surface area contributed by atoms with Gasteiger partial charge < -0.3 is 5.11 Å². The fourth-order valence-corrected chi connectivity index (χ4v) is 1.77. The van der Waals surface area contributed by atoms with Gasteiger partial charge in [0.15, 0.2) is 5.11 Å². The number of carbonyl (C=O) groups is 2. The molecule has 2 aromatic rings. The van der Waals surface area contributed by atoms with Crippen LogP contribution < -0.4 is 21.3 Å². The number of hydrogen-bond acceptors (Lipinski definition) is 4. The topological polar surface area (TPSA) is 93.3 Å². The van der Waals surface area contributed by atoms with Crippen LogP contribution in [0.15, 0.2) is 54.6 Å². The molecule has 0 unspecified atom stereocenters. The molecule has 2 aromatic carbocycles. The Balaban J connectivity index is 0.00000139. The van der Waals surface area contributed by atoms with Crippen LogP contribution in [-0.2, 0) is 17.3 Å². The summed E-state index contributed by atoms with van der Waals surface area (Å²) >= 11 is 5.74. The Morgan fingerprint density at radius 2 is 1.50 bits per heavy atom. The summed E-state index contributed by atoms with van der Waals surface area (Å²) in [6.07, 6.45) is 0.